The zero-order valence-corrected chi connectivity index (χ0v) is 13.4. The molecule has 0 spiro atoms. The summed E-state index contributed by atoms with van der Waals surface area (Å²) < 4.78 is 16.3. The molecule has 0 bridgehead atoms. The van der Waals surface area contributed by atoms with Gasteiger partial charge in [-0.05, 0) is 19.4 Å². The molecule has 0 amide bonds. The maximum atomic E-state index is 5.49. The van der Waals surface area contributed by atoms with Gasteiger partial charge in [-0.1, -0.05) is 20.3 Å². The quantitative estimate of drug-likeness (QED) is 0.470. The van der Waals surface area contributed by atoms with Crippen molar-refractivity contribution in [3.8, 4) is 0 Å². The average molecular weight is 293 g/mol. The first-order chi connectivity index (χ1) is 9.31. The van der Waals surface area contributed by atoms with Crippen LogP contribution in [0.25, 0.3) is 0 Å². The predicted molar refractivity (Wildman–Crippen MR) is 83.0 cm³/mol. The van der Waals surface area contributed by atoms with Crippen LogP contribution in [0.3, 0.4) is 0 Å². The van der Waals surface area contributed by atoms with Crippen molar-refractivity contribution in [2.24, 2.45) is 5.73 Å². The lowest BCUT2D eigenvalue weighted by atomic mass is 10.3. The summed E-state index contributed by atoms with van der Waals surface area (Å²) >= 11 is 1.91. The van der Waals surface area contributed by atoms with Crippen molar-refractivity contribution < 1.29 is 14.2 Å². The molecule has 0 fully saturated rings. The van der Waals surface area contributed by atoms with Gasteiger partial charge in [0.2, 0.25) is 0 Å². The molecule has 0 radical (unpaired) electrons. The fraction of sp³-hybridized carbons (Fsp3) is 1.00. The molecule has 1 unspecified atom stereocenters. The molecule has 2 N–H and O–H groups in total. The smallest absolute Gasteiger partial charge is 0.0701 e. The molecule has 0 aromatic rings. The maximum Gasteiger partial charge on any atom is 0.0701 e. The fourth-order valence-corrected chi connectivity index (χ4v) is 2.33. The highest BCUT2D eigenvalue weighted by molar-refractivity contribution is 7.99. The number of unbranched alkanes of at least 4 members (excludes halogenated alkanes) is 1. The molecular weight excluding hydrogens is 262 g/mol. The summed E-state index contributed by atoms with van der Waals surface area (Å²) in [5, 5.41) is 0.630. The van der Waals surface area contributed by atoms with Crippen molar-refractivity contribution in [2.75, 3.05) is 51.9 Å². The van der Waals surface area contributed by atoms with Gasteiger partial charge < -0.3 is 19.9 Å². The zero-order valence-electron chi connectivity index (χ0n) is 12.6. The third-order valence-electron chi connectivity index (χ3n) is 2.59. The molecule has 0 saturated carbocycles. The summed E-state index contributed by atoms with van der Waals surface area (Å²) in [4.78, 5) is 0. The number of rotatable bonds is 15. The van der Waals surface area contributed by atoms with Crippen molar-refractivity contribution in [2.45, 2.75) is 38.4 Å². The van der Waals surface area contributed by atoms with Crippen molar-refractivity contribution in [3.05, 3.63) is 0 Å². The van der Waals surface area contributed by atoms with E-state index < -0.39 is 0 Å². The molecule has 0 heterocycles. The molecule has 116 valence electrons. The Hall–Kier alpha value is 0.190. The normalized spacial score (nSPS) is 12.8. The lowest BCUT2D eigenvalue weighted by molar-refractivity contribution is 0.0169. The Balaban J connectivity index is 2.99. The van der Waals surface area contributed by atoms with Gasteiger partial charge in [-0.25, -0.2) is 0 Å². The fourth-order valence-electron chi connectivity index (χ4n) is 1.41. The van der Waals surface area contributed by atoms with E-state index in [1.807, 2.05) is 11.8 Å². The van der Waals surface area contributed by atoms with Crippen LogP contribution < -0.4 is 5.73 Å². The van der Waals surface area contributed by atoms with Crippen LogP contribution in [-0.4, -0.2) is 57.2 Å². The highest BCUT2D eigenvalue weighted by Crippen LogP contribution is 2.12. The molecule has 0 aromatic carbocycles. The Bertz CT molecular complexity index is 173. The van der Waals surface area contributed by atoms with Gasteiger partial charge in [0.15, 0.2) is 0 Å². The summed E-state index contributed by atoms with van der Waals surface area (Å²) in [7, 11) is 0. The summed E-state index contributed by atoms with van der Waals surface area (Å²) in [6.07, 6.45) is 3.38. The van der Waals surface area contributed by atoms with Gasteiger partial charge >= 0.3 is 0 Å². The van der Waals surface area contributed by atoms with E-state index >= 15 is 0 Å². The number of ether oxygens (including phenoxy) is 3. The highest BCUT2D eigenvalue weighted by Gasteiger charge is 2.00. The van der Waals surface area contributed by atoms with E-state index in [1.54, 1.807) is 0 Å². The summed E-state index contributed by atoms with van der Waals surface area (Å²) in [6, 6.07) is 0. The lowest BCUT2D eigenvalue weighted by Crippen LogP contribution is -2.12. The minimum absolute atomic E-state index is 0.630. The van der Waals surface area contributed by atoms with Gasteiger partial charge in [0.25, 0.3) is 0 Å². The molecule has 19 heavy (non-hydrogen) atoms. The predicted octanol–water partition coefficient (Wildman–Crippen LogP) is 2.31. The van der Waals surface area contributed by atoms with Crippen molar-refractivity contribution in [1.29, 1.82) is 0 Å². The van der Waals surface area contributed by atoms with E-state index in [4.69, 9.17) is 19.9 Å². The molecule has 0 aliphatic heterocycles. The minimum Gasteiger partial charge on any atom is -0.379 e. The van der Waals surface area contributed by atoms with Crippen LogP contribution in [0.5, 0.6) is 0 Å². The summed E-state index contributed by atoms with van der Waals surface area (Å²) in [6.45, 7) is 9.43. The zero-order chi connectivity index (χ0) is 14.2. The Morgan fingerprint density at radius 3 is 2.11 bits per heavy atom. The molecule has 0 aliphatic carbocycles. The standard InChI is InChI=1S/C14H31NO3S/c1-3-4-7-16-8-9-17-10-11-18-12-13-19-14(2)5-6-15/h14H,3-13,15H2,1-2H3. The van der Waals surface area contributed by atoms with Gasteiger partial charge in [0.05, 0.1) is 33.0 Å². The van der Waals surface area contributed by atoms with E-state index in [-0.39, 0.29) is 0 Å². The van der Waals surface area contributed by atoms with E-state index in [2.05, 4.69) is 13.8 Å². The third-order valence-corrected chi connectivity index (χ3v) is 3.80. The topological polar surface area (TPSA) is 53.7 Å². The Morgan fingerprint density at radius 1 is 0.947 bits per heavy atom. The van der Waals surface area contributed by atoms with Crippen LogP contribution in [0.4, 0.5) is 0 Å². The second-order valence-corrected chi connectivity index (χ2v) is 6.00. The van der Waals surface area contributed by atoms with Gasteiger partial charge in [-0.2, -0.15) is 11.8 Å². The van der Waals surface area contributed by atoms with Gasteiger partial charge in [-0.15, -0.1) is 0 Å². The minimum atomic E-state index is 0.630. The van der Waals surface area contributed by atoms with Gasteiger partial charge in [0.1, 0.15) is 0 Å². The first-order valence-electron chi connectivity index (χ1n) is 7.36. The van der Waals surface area contributed by atoms with E-state index in [9.17, 15) is 0 Å². The van der Waals surface area contributed by atoms with Crippen molar-refractivity contribution in [1.82, 2.24) is 0 Å². The van der Waals surface area contributed by atoms with Gasteiger partial charge in [0, 0.05) is 17.6 Å². The molecule has 4 nitrogen and oxygen atoms in total. The molecule has 0 rings (SSSR count). The number of nitrogens with two attached hydrogens (primary N) is 1. The number of hydrogen-bond acceptors (Lipinski definition) is 5. The maximum absolute atomic E-state index is 5.49. The number of hydrogen-bond donors (Lipinski definition) is 1. The van der Waals surface area contributed by atoms with Crippen LogP contribution in [-0.2, 0) is 14.2 Å². The monoisotopic (exact) mass is 293 g/mol. The van der Waals surface area contributed by atoms with Crippen LogP contribution in [0.2, 0.25) is 0 Å². The molecule has 0 saturated heterocycles. The second-order valence-electron chi connectivity index (χ2n) is 4.45. The SMILES string of the molecule is CCCCOCCOCCOCCSC(C)CCN. The van der Waals surface area contributed by atoms with Gasteiger partial charge in [-0.3, -0.25) is 0 Å². The third kappa shape index (κ3) is 16.1. The highest BCUT2D eigenvalue weighted by atomic mass is 32.2. The van der Waals surface area contributed by atoms with Crippen LogP contribution in [0, 0.1) is 0 Å². The summed E-state index contributed by atoms with van der Waals surface area (Å²) in [5.74, 6) is 1.03. The Morgan fingerprint density at radius 2 is 1.53 bits per heavy atom. The van der Waals surface area contributed by atoms with Crippen LogP contribution in [0.15, 0.2) is 0 Å². The lowest BCUT2D eigenvalue weighted by Gasteiger charge is -2.10. The number of thioether (sulfide) groups is 1. The first kappa shape index (κ1) is 19.2. The molecule has 1 atom stereocenters. The first-order valence-corrected chi connectivity index (χ1v) is 8.41. The van der Waals surface area contributed by atoms with E-state index in [0.29, 0.717) is 31.7 Å². The molecule has 0 aromatic heterocycles. The molecule has 0 aliphatic rings. The van der Waals surface area contributed by atoms with Crippen molar-refractivity contribution >= 4 is 11.8 Å². The van der Waals surface area contributed by atoms with Crippen LogP contribution >= 0.6 is 11.8 Å². The van der Waals surface area contributed by atoms with E-state index in [0.717, 1.165) is 38.4 Å². The molecular formula is C14H31NO3S. The largest absolute Gasteiger partial charge is 0.379 e. The van der Waals surface area contributed by atoms with E-state index in [1.165, 1.54) is 6.42 Å². The van der Waals surface area contributed by atoms with Crippen molar-refractivity contribution in [3.63, 3.8) is 0 Å². The van der Waals surface area contributed by atoms with Crippen LogP contribution in [0.1, 0.15) is 33.1 Å². The summed E-state index contributed by atoms with van der Waals surface area (Å²) in [5.41, 5.74) is 5.49. The Labute approximate surface area is 122 Å². The average Bonchev–Trinajstić information content (AvgIpc) is 2.40. The molecule has 5 heteroatoms. The second kappa shape index (κ2) is 16.2. The Kier molecular flexibility index (Phi) is 16.4.